The number of nitrogens with zero attached hydrogens (tertiary/aromatic N) is 1. The van der Waals surface area contributed by atoms with Crippen molar-refractivity contribution in [2.75, 3.05) is 34.3 Å². The fourth-order valence-corrected chi connectivity index (χ4v) is 0.852. The van der Waals surface area contributed by atoms with Crippen LogP contribution in [-0.4, -0.2) is 50.6 Å². The summed E-state index contributed by atoms with van der Waals surface area (Å²) in [4.78, 5) is 11.1. The van der Waals surface area contributed by atoms with Crippen LogP contribution in [-0.2, 0) is 9.53 Å². The van der Waals surface area contributed by atoms with Gasteiger partial charge in [0.15, 0.2) is 6.54 Å². The second-order valence-electron chi connectivity index (χ2n) is 4.20. The Kier molecular flexibility index (Phi) is 5.15. The first kappa shape index (κ1) is 12.9. The average molecular weight is 202 g/mol. The van der Waals surface area contributed by atoms with E-state index in [1.807, 2.05) is 21.1 Å². The van der Waals surface area contributed by atoms with Gasteiger partial charge in [-0.05, 0) is 18.7 Å². The predicted molar refractivity (Wildman–Crippen MR) is 50.8 cm³/mol. The molecule has 82 valence electrons. The van der Waals surface area contributed by atoms with Crippen LogP contribution >= 0.6 is 0 Å². The highest BCUT2D eigenvalue weighted by Crippen LogP contribution is 1.94. The van der Waals surface area contributed by atoms with Crippen molar-refractivity contribution < 1.29 is 19.1 Å². The Morgan fingerprint density at radius 3 is 2.43 bits per heavy atom. The highest BCUT2D eigenvalue weighted by Gasteiger charge is 2.14. The number of ether oxygens (including phenoxy) is 1. The quantitative estimate of drug-likeness (QED) is 0.204. The molecule has 0 aliphatic rings. The molecule has 0 bridgehead atoms. The fourth-order valence-electron chi connectivity index (χ4n) is 0.852. The summed E-state index contributed by atoms with van der Waals surface area (Å²) < 4.78 is 5.40. The SMILES string of the molecule is C[N+](C)(C)CC(=O)OCCCC(=N)[O-]. The molecule has 0 heterocycles. The van der Waals surface area contributed by atoms with Gasteiger partial charge in [0.1, 0.15) is 0 Å². The zero-order chi connectivity index (χ0) is 11.2. The third-order valence-corrected chi connectivity index (χ3v) is 1.41. The Hall–Kier alpha value is -1.10. The van der Waals surface area contributed by atoms with Crippen LogP contribution in [0.2, 0.25) is 0 Å². The minimum Gasteiger partial charge on any atom is -0.862 e. The number of hydrogen-bond donors (Lipinski definition) is 1. The summed E-state index contributed by atoms with van der Waals surface area (Å²) in [6.45, 7) is 0.540. The third kappa shape index (κ3) is 8.99. The molecular formula is C9H18N2O3. The topological polar surface area (TPSA) is 73.2 Å². The summed E-state index contributed by atoms with van der Waals surface area (Å²) in [6, 6.07) is 0. The van der Waals surface area contributed by atoms with Gasteiger partial charge in [-0.3, -0.25) is 0 Å². The molecule has 0 saturated heterocycles. The maximum absolute atomic E-state index is 11.1. The molecule has 5 nitrogen and oxygen atoms in total. The van der Waals surface area contributed by atoms with Gasteiger partial charge < -0.3 is 19.7 Å². The molecule has 0 aliphatic heterocycles. The van der Waals surface area contributed by atoms with E-state index in [2.05, 4.69) is 0 Å². The fraction of sp³-hybridized carbons (Fsp3) is 0.778. The number of quaternary nitrogens is 1. The summed E-state index contributed by atoms with van der Waals surface area (Å²) in [5.74, 6) is -0.886. The lowest BCUT2D eigenvalue weighted by Gasteiger charge is -2.22. The van der Waals surface area contributed by atoms with Crippen LogP contribution in [0.5, 0.6) is 0 Å². The molecular weight excluding hydrogens is 184 g/mol. The second kappa shape index (κ2) is 5.59. The Labute approximate surface area is 84.4 Å². The minimum atomic E-state index is -0.618. The molecule has 5 heteroatoms. The van der Waals surface area contributed by atoms with E-state index in [1.165, 1.54) is 0 Å². The van der Waals surface area contributed by atoms with Crippen molar-refractivity contribution in [3.05, 3.63) is 0 Å². The Balaban J connectivity index is 3.50. The van der Waals surface area contributed by atoms with E-state index in [4.69, 9.17) is 10.1 Å². The summed E-state index contributed by atoms with van der Waals surface area (Å²) >= 11 is 0. The third-order valence-electron chi connectivity index (χ3n) is 1.41. The molecule has 0 aliphatic carbocycles. The van der Waals surface area contributed by atoms with Gasteiger partial charge in [-0.1, -0.05) is 0 Å². The molecule has 0 unspecified atom stereocenters. The van der Waals surface area contributed by atoms with Crippen LogP contribution in [0.15, 0.2) is 0 Å². The van der Waals surface area contributed by atoms with Crippen molar-refractivity contribution in [1.82, 2.24) is 0 Å². The van der Waals surface area contributed by atoms with Crippen LogP contribution in [0.3, 0.4) is 0 Å². The largest absolute Gasteiger partial charge is 0.862 e. The van der Waals surface area contributed by atoms with E-state index in [9.17, 15) is 9.90 Å². The molecule has 0 rings (SSSR count). The van der Waals surface area contributed by atoms with Gasteiger partial charge in [0.25, 0.3) is 0 Å². The van der Waals surface area contributed by atoms with E-state index < -0.39 is 5.90 Å². The summed E-state index contributed by atoms with van der Waals surface area (Å²) in [5, 5.41) is 16.9. The highest BCUT2D eigenvalue weighted by atomic mass is 16.5. The van der Waals surface area contributed by atoms with Crippen LogP contribution in [0.4, 0.5) is 0 Å². The number of nitrogens with one attached hydrogen (secondary N) is 1. The first-order chi connectivity index (χ1) is 6.31. The first-order valence-corrected chi connectivity index (χ1v) is 4.52. The van der Waals surface area contributed by atoms with E-state index in [0.29, 0.717) is 17.4 Å². The summed E-state index contributed by atoms with van der Waals surface area (Å²) in [5.41, 5.74) is 0. The van der Waals surface area contributed by atoms with Gasteiger partial charge in [-0.2, -0.15) is 0 Å². The molecule has 0 aromatic heterocycles. The minimum absolute atomic E-state index is 0.150. The lowest BCUT2D eigenvalue weighted by molar-refractivity contribution is -0.862. The van der Waals surface area contributed by atoms with Gasteiger partial charge in [0, 0.05) is 0 Å². The maximum atomic E-state index is 11.1. The van der Waals surface area contributed by atoms with Crippen LogP contribution in [0, 0.1) is 5.41 Å². The number of carbonyl (C=O) groups excluding carboxylic acids is 1. The monoisotopic (exact) mass is 202 g/mol. The van der Waals surface area contributed by atoms with E-state index in [1.54, 1.807) is 0 Å². The summed E-state index contributed by atoms with van der Waals surface area (Å²) in [6.07, 6.45) is 0.586. The van der Waals surface area contributed by atoms with Gasteiger partial charge in [-0.25, -0.2) is 4.79 Å². The van der Waals surface area contributed by atoms with Crippen LogP contribution in [0.1, 0.15) is 12.8 Å². The Bertz CT molecular complexity index is 209. The Morgan fingerprint density at radius 1 is 1.43 bits per heavy atom. The number of hydrogen-bond acceptors (Lipinski definition) is 4. The zero-order valence-electron chi connectivity index (χ0n) is 9.00. The van der Waals surface area contributed by atoms with E-state index >= 15 is 0 Å². The first-order valence-electron chi connectivity index (χ1n) is 4.52. The van der Waals surface area contributed by atoms with Crippen LogP contribution in [0.25, 0.3) is 0 Å². The standard InChI is InChI=1S/C9H18N2O3/c1-11(2,3)7-9(13)14-6-4-5-8(10)12/h4-7H2,1-3H3,(H-,10,12). The summed E-state index contributed by atoms with van der Waals surface area (Å²) in [7, 11) is 5.69. The van der Waals surface area contributed by atoms with Crippen molar-refractivity contribution in [1.29, 1.82) is 5.41 Å². The van der Waals surface area contributed by atoms with Crippen molar-refractivity contribution in [2.24, 2.45) is 0 Å². The van der Waals surface area contributed by atoms with Crippen molar-refractivity contribution in [3.63, 3.8) is 0 Å². The zero-order valence-corrected chi connectivity index (χ0v) is 9.00. The molecule has 0 aromatic carbocycles. The molecule has 14 heavy (non-hydrogen) atoms. The molecule has 0 fully saturated rings. The maximum Gasteiger partial charge on any atom is 0.361 e. The molecule has 0 spiro atoms. The van der Waals surface area contributed by atoms with Crippen molar-refractivity contribution in [2.45, 2.75) is 12.8 Å². The molecule has 0 saturated carbocycles. The predicted octanol–water partition coefficient (Wildman–Crippen LogP) is -0.646. The molecule has 0 amide bonds. The number of likely N-dealkylation sites (N-methyl/N-ethyl adjacent to an activating group) is 1. The highest BCUT2D eigenvalue weighted by molar-refractivity contribution is 5.70. The van der Waals surface area contributed by atoms with E-state index in [-0.39, 0.29) is 19.0 Å². The van der Waals surface area contributed by atoms with Gasteiger partial charge in [0.05, 0.1) is 27.7 Å². The van der Waals surface area contributed by atoms with Crippen molar-refractivity contribution in [3.8, 4) is 0 Å². The lowest BCUT2D eigenvalue weighted by atomic mass is 10.3. The Morgan fingerprint density at radius 2 is 2.00 bits per heavy atom. The van der Waals surface area contributed by atoms with Gasteiger partial charge >= 0.3 is 5.97 Å². The molecule has 0 atom stereocenters. The lowest BCUT2D eigenvalue weighted by Crippen LogP contribution is -2.40. The second-order valence-corrected chi connectivity index (χ2v) is 4.20. The molecule has 1 N–H and O–H groups in total. The smallest absolute Gasteiger partial charge is 0.361 e. The van der Waals surface area contributed by atoms with Crippen LogP contribution < -0.4 is 5.11 Å². The van der Waals surface area contributed by atoms with E-state index in [0.717, 1.165) is 0 Å². The molecule has 0 aromatic rings. The number of rotatable bonds is 6. The van der Waals surface area contributed by atoms with Crippen molar-refractivity contribution >= 4 is 11.9 Å². The number of esters is 1. The normalized spacial score (nSPS) is 11.1. The van der Waals surface area contributed by atoms with Gasteiger partial charge in [-0.15, -0.1) is 0 Å². The average Bonchev–Trinajstić information content (AvgIpc) is 1.94. The van der Waals surface area contributed by atoms with Gasteiger partial charge in [0.2, 0.25) is 0 Å². The number of carbonyl (C=O) groups is 1. The molecule has 0 radical (unpaired) electrons.